The van der Waals surface area contributed by atoms with E-state index in [0.717, 1.165) is 26.1 Å². The predicted octanol–water partition coefficient (Wildman–Crippen LogP) is 0.799. The lowest BCUT2D eigenvalue weighted by atomic mass is 10.1. The van der Waals surface area contributed by atoms with E-state index in [1.165, 1.54) is 0 Å². The lowest BCUT2D eigenvalue weighted by molar-refractivity contribution is -0.137. The Bertz CT molecular complexity index is 373. The van der Waals surface area contributed by atoms with E-state index in [1.54, 1.807) is 0 Å². The third-order valence-electron chi connectivity index (χ3n) is 3.67. The Morgan fingerprint density at radius 2 is 1.95 bits per heavy atom. The molecule has 1 rings (SSSR count). The number of carboxylic acid groups (broad SMARTS) is 1. The summed E-state index contributed by atoms with van der Waals surface area (Å²) in [5, 5.41) is 13.5. The van der Waals surface area contributed by atoms with E-state index in [0.29, 0.717) is 25.3 Å². The molecule has 0 radical (unpaired) electrons. The van der Waals surface area contributed by atoms with Crippen LogP contribution in [0.2, 0.25) is 0 Å². The Morgan fingerprint density at radius 1 is 1.24 bits per heavy atom. The van der Waals surface area contributed by atoms with E-state index in [2.05, 4.69) is 22.5 Å². The highest BCUT2D eigenvalue weighted by Gasteiger charge is 2.21. The molecule has 0 spiro atoms. The molecule has 0 saturated carbocycles. The van der Waals surface area contributed by atoms with Crippen LogP contribution in [-0.4, -0.2) is 54.1 Å². The van der Waals surface area contributed by atoms with Crippen molar-refractivity contribution in [2.75, 3.05) is 26.2 Å². The molecule has 1 unspecified atom stereocenters. The van der Waals surface area contributed by atoms with E-state index in [9.17, 15) is 14.4 Å². The predicted molar refractivity (Wildman–Crippen MR) is 77.9 cm³/mol. The quantitative estimate of drug-likeness (QED) is 0.576. The average Bonchev–Trinajstić information content (AvgIpc) is 2.89. The number of likely N-dealkylation sites (tertiary alicyclic amines) is 1. The Labute approximate surface area is 125 Å². The second-order valence-electron chi connectivity index (χ2n) is 5.41. The van der Waals surface area contributed by atoms with Crippen LogP contribution in [0.1, 0.15) is 39.0 Å². The highest BCUT2D eigenvalue weighted by atomic mass is 16.4. The zero-order chi connectivity index (χ0) is 15.7. The van der Waals surface area contributed by atoms with Crippen molar-refractivity contribution in [1.82, 2.24) is 15.5 Å². The zero-order valence-corrected chi connectivity index (χ0v) is 12.6. The highest BCUT2D eigenvalue weighted by molar-refractivity contribution is 5.94. The Morgan fingerprint density at radius 3 is 2.57 bits per heavy atom. The molecule has 1 aliphatic heterocycles. The fourth-order valence-corrected chi connectivity index (χ4v) is 2.40. The first-order chi connectivity index (χ1) is 10.0. The lowest BCUT2D eigenvalue weighted by Crippen LogP contribution is -2.41. The van der Waals surface area contributed by atoms with Crippen molar-refractivity contribution < 1.29 is 19.5 Å². The minimum absolute atomic E-state index is 0.0507. The largest absolute Gasteiger partial charge is 0.481 e. The topological polar surface area (TPSA) is 98.7 Å². The van der Waals surface area contributed by atoms with Crippen LogP contribution in [0.25, 0.3) is 0 Å². The van der Waals surface area contributed by atoms with Gasteiger partial charge in [-0.1, -0.05) is 6.92 Å². The summed E-state index contributed by atoms with van der Waals surface area (Å²) in [4.78, 5) is 35.7. The number of amides is 3. The summed E-state index contributed by atoms with van der Waals surface area (Å²) >= 11 is 0. The van der Waals surface area contributed by atoms with E-state index < -0.39 is 12.0 Å². The number of carboxylic acids is 1. The van der Waals surface area contributed by atoms with Crippen LogP contribution in [0.4, 0.5) is 4.79 Å². The summed E-state index contributed by atoms with van der Waals surface area (Å²) in [6.45, 7) is 5.77. The van der Waals surface area contributed by atoms with Gasteiger partial charge in [-0.15, -0.1) is 0 Å². The van der Waals surface area contributed by atoms with Crippen LogP contribution in [-0.2, 0) is 9.59 Å². The highest BCUT2D eigenvalue weighted by Crippen LogP contribution is 2.14. The van der Waals surface area contributed by atoms with Gasteiger partial charge in [0.25, 0.3) is 0 Å². The number of hydrogen-bond acceptors (Lipinski definition) is 4. The van der Waals surface area contributed by atoms with Crippen molar-refractivity contribution in [2.45, 2.75) is 39.0 Å². The van der Waals surface area contributed by atoms with E-state index in [4.69, 9.17) is 5.11 Å². The number of rotatable bonds is 8. The SMILES string of the molecule is CCN1CCC(CNC(=O)NC(=O)CCCCC(=O)O)C1. The number of carbonyl (C=O) groups is 3. The summed E-state index contributed by atoms with van der Waals surface area (Å²) in [7, 11) is 0. The van der Waals surface area contributed by atoms with Crippen molar-refractivity contribution >= 4 is 17.9 Å². The van der Waals surface area contributed by atoms with Crippen molar-refractivity contribution in [1.29, 1.82) is 0 Å². The van der Waals surface area contributed by atoms with Gasteiger partial charge in [-0.05, 0) is 38.3 Å². The number of urea groups is 1. The van der Waals surface area contributed by atoms with Gasteiger partial charge in [0.2, 0.25) is 5.91 Å². The smallest absolute Gasteiger partial charge is 0.321 e. The van der Waals surface area contributed by atoms with Gasteiger partial charge in [0, 0.05) is 25.9 Å². The average molecular weight is 299 g/mol. The number of imide groups is 1. The molecule has 1 atom stereocenters. The molecule has 1 fully saturated rings. The van der Waals surface area contributed by atoms with Crippen molar-refractivity contribution in [2.24, 2.45) is 5.92 Å². The minimum Gasteiger partial charge on any atom is -0.481 e. The van der Waals surface area contributed by atoms with Gasteiger partial charge >= 0.3 is 12.0 Å². The van der Waals surface area contributed by atoms with Gasteiger partial charge < -0.3 is 15.3 Å². The summed E-state index contributed by atoms with van der Waals surface area (Å²) < 4.78 is 0. The number of unbranched alkanes of at least 4 members (excludes halogenated alkanes) is 1. The maximum Gasteiger partial charge on any atom is 0.321 e. The number of nitrogens with zero attached hydrogens (tertiary/aromatic N) is 1. The molecule has 21 heavy (non-hydrogen) atoms. The molecule has 1 saturated heterocycles. The van der Waals surface area contributed by atoms with Gasteiger partial charge in [-0.25, -0.2) is 4.79 Å². The van der Waals surface area contributed by atoms with E-state index in [1.807, 2.05) is 0 Å². The molecule has 3 N–H and O–H groups in total. The third kappa shape index (κ3) is 7.65. The third-order valence-corrected chi connectivity index (χ3v) is 3.67. The fourth-order valence-electron chi connectivity index (χ4n) is 2.40. The van der Waals surface area contributed by atoms with Crippen LogP contribution in [0.3, 0.4) is 0 Å². The number of aliphatic carboxylic acids is 1. The Hall–Kier alpha value is -1.63. The molecule has 0 aromatic heterocycles. The van der Waals surface area contributed by atoms with Crippen molar-refractivity contribution in [3.8, 4) is 0 Å². The van der Waals surface area contributed by atoms with Gasteiger partial charge in [0.05, 0.1) is 0 Å². The van der Waals surface area contributed by atoms with Crippen molar-refractivity contribution in [3.05, 3.63) is 0 Å². The molecule has 0 aromatic carbocycles. The molecular weight excluding hydrogens is 274 g/mol. The minimum atomic E-state index is -0.870. The second kappa shape index (κ2) is 9.33. The molecule has 1 heterocycles. The van der Waals surface area contributed by atoms with Gasteiger partial charge in [0.15, 0.2) is 0 Å². The number of nitrogens with one attached hydrogen (secondary N) is 2. The first-order valence-electron chi connectivity index (χ1n) is 7.53. The zero-order valence-electron chi connectivity index (χ0n) is 12.6. The van der Waals surface area contributed by atoms with Gasteiger partial charge in [-0.2, -0.15) is 0 Å². The molecule has 3 amide bonds. The molecule has 0 aromatic rings. The number of carbonyl (C=O) groups excluding carboxylic acids is 2. The van der Waals surface area contributed by atoms with Crippen LogP contribution in [0.15, 0.2) is 0 Å². The van der Waals surface area contributed by atoms with Crippen LogP contribution >= 0.6 is 0 Å². The Balaban J connectivity index is 2.07. The molecule has 7 heteroatoms. The summed E-state index contributed by atoms with van der Waals surface area (Å²) in [5.74, 6) is -0.785. The Kier molecular flexibility index (Phi) is 7.74. The first kappa shape index (κ1) is 17.4. The van der Waals surface area contributed by atoms with Gasteiger partial charge in [-0.3, -0.25) is 14.9 Å². The molecule has 7 nitrogen and oxygen atoms in total. The summed E-state index contributed by atoms with van der Waals surface area (Å²) in [6.07, 6.45) is 2.21. The first-order valence-corrected chi connectivity index (χ1v) is 7.53. The van der Waals surface area contributed by atoms with E-state index >= 15 is 0 Å². The lowest BCUT2D eigenvalue weighted by Gasteiger charge is -2.13. The fraction of sp³-hybridized carbons (Fsp3) is 0.786. The standard InChI is InChI=1S/C14H25N3O4/c1-2-17-8-7-11(10-17)9-15-14(21)16-12(18)5-3-4-6-13(19)20/h11H,2-10H2,1H3,(H,19,20)(H2,15,16,18,21). The maximum atomic E-state index is 11.6. The van der Waals surface area contributed by atoms with Crippen LogP contribution in [0, 0.1) is 5.92 Å². The summed E-state index contributed by atoms with van der Waals surface area (Å²) in [6, 6.07) is -0.465. The van der Waals surface area contributed by atoms with Crippen LogP contribution in [0.5, 0.6) is 0 Å². The number of hydrogen-bond donors (Lipinski definition) is 3. The molecular formula is C14H25N3O4. The van der Waals surface area contributed by atoms with Crippen molar-refractivity contribution in [3.63, 3.8) is 0 Å². The molecule has 1 aliphatic rings. The molecule has 0 aliphatic carbocycles. The molecule has 120 valence electrons. The van der Waals surface area contributed by atoms with E-state index in [-0.39, 0.29) is 18.7 Å². The molecule has 0 bridgehead atoms. The maximum absolute atomic E-state index is 11.6. The monoisotopic (exact) mass is 299 g/mol. The summed E-state index contributed by atoms with van der Waals surface area (Å²) in [5.41, 5.74) is 0. The normalized spacial score (nSPS) is 18.4. The van der Waals surface area contributed by atoms with Crippen LogP contribution < -0.4 is 10.6 Å². The van der Waals surface area contributed by atoms with Gasteiger partial charge in [0.1, 0.15) is 0 Å². The second-order valence-corrected chi connectivity index (χ2v) is 5.41.